The lowest BCUT2D eigenvalue weighted by atomic mass is 10.1. The van der Waals surface area contributed by atoms with Gasteiger partial charge < -0.3 is 19.3 Å². The fraction of sp³-hybridized carbons (Fsp3) is 0.150. The molecule has 0 bridgehead atoms. The summed E-state index contributed by atoms with van der Waals surface area (Å²) < 4.78 is 16.0. The van der Waals surface area contributed by atoms with Gasteiger partial charge in [-0.2, -0.15) is 5.10 Å². The van der Waals surface area contributed by atoms with Crippen molar-refractivity contribution in [2.45, 2.75) is 6.54 Å². The summed E-state index contributed by atoms with van der Waals surface area (Å²) >= 11 is 0. The second-order valence-corrected chi connectivity index (χ2v) is 5.75. The van der Waals surface area contributed by atoms with Gasteiger partial charge in [-0.05, 0) is 30.3 Å². The van der Waals surface area contributed by atoms with Gasteiger partial charge in [-0.1, -0.05) is 18.2 Å². The number of furan rings is 1. The Morgan fingerprint density at radius 1 is 1.14 bits per heavy atom. The van der Waals surface area contributed by atoms with E-state index < -0.39 is 4.92 Å². The van der Waals surface area contributed by atoms with Crippen LogP contribution in [0.1, 0.15) is 11.3 Å². The molecule has 28 heavy (non-hydrogen) atoms. The molecule has 0 atom stereocenters. The molecule has 0 fully saturated rings. The van der Waals surface area contributed by atoms with Crippen LogP contribution in [0.25, 0.3) is 11.3 Å². The molecule has 0 amide bonds. The number of nitro groups is 1. The van der Waals surface area contributed by atoms with Crippen molar-refractivity contribution in [3.8, 4) is 22.8 Å². The van der Waals surface area contributed by atoms with Gasteiger partial charge in [-0.15, -0.1) is 0 Å². The third kappa shape index (κ3) is 4.29. The Morgan fingerprint density at radius 2 is 1.96 bits per heavy atom. The quantitative estimate of drug-likeness (QED) is 0.360. The van der Waals surface area contributed by atoms with Gasteiger partial charge in [0, 0.05) is 5.56 Å². The van der Waals surface area contributed by atoms with Crippen molar-refractivity contribution in [2.75, 3.05) is 14.2 Å². The maximum Gasteiger partial charge on any atom is 0.284 e. The van der Waals surface area contributed by atoms with Gasteiger partial charge in [-0.25, -0.2) is 0 Å². The summed E-state index contributed by atoms with van der Waals surface area (Å²) in [5, 5.41) is 15.5. The van der Waals surface area contributed by atoms with E-state index in [-0.39, 0.29) is 5.69 Å². The number of hydrogen-bond acceptors (Lipinski definition) is 7. The predicted molar refractivity (Wildman–Crippen MR) is 105 cm³/mol. The number of nitrogens with one attached hydrogen (secondary N) is 1. The van der Waals surface area contributed by atoms with Crippen molar-refractivity contribution in [3.05, 3.63) is 76.0 Å². The number of para-hydroxylation sites is 1. The minimum atomic E-state index is -0.469. The van der Waals surface area contributed by atoms with Gasteiger partial charge >= 0.3 is 0 Å². The average Bonchev–Trinajstić information content (AvgIpc) is 3.19. The Kier molecular flexibility index (Phi) is 5.91. The van der Waals surface area contributed by atoms with E-state index in [4.69, 9.17) is 13.9 Å². The third-order valence-corrected chi connectivity index (χ3v) is 4.04. The van der Waals surface area contributed by atoms with Gasteiger partial charge in [0.05, 0.1) is 43.5 Å². The van der Waals surface area contributed by atoms with Crippen LogP contribution < -0.4 is 14.9 Å². The van der Waals surface area contributed by atoms with E-state index in [1.165, 1.54) is 19.4 Å². The number of nitro benzene ring substituents is 1. The molecule has 8 heteroatoms. The highest BCUT2D eigenvalue weighted by atomic mass is 16.6. The van der Waals surface area contributed by atoms with E-state index in [9.17, 15) is 10.1 Å². The molecule has 144 valence electrons. The van der Waals surface area contributed by atoms with E-state index in [1.54, 1.807) is 31.4 Å². The fourth-order valence-electron chi connectivity index (χ4n) is 2.65. The SMILES string of the molecule is COc1ccc(-c2ccc(/C=N\NCc3ccccc3OC)o2)c([N+](=O)[O-])c1. The first kappa shape index (κ1) is 19.0. The monoisotopic (exact) mass is 381 g/mol. The lowest BCUT2D eigenvalue weighted by Gasteiger charge is -2.06. The highest BCUT2D eigenvalue weighted by Crippen LogP contribution is 2.33. The smallest absolute Gasteiger partial charge is 0.284 e. The molecule has 1 aromatic heterocycles. The van der Waals surface area contributed by atoms with E-state index in [1.807, 2.05) is 24.3 Å². The Balaban J connectivity index is 1.71. The zero-order chi connectivity index (χ0) is 19.9. The van der Waals surface area contributed by atoms with Gasteiger partial charge in [0.2, 0.25) is 0 Å². The van der Waals surface area contributed by atoms with Crippen LogP contribution >= 0.6 is 0 Å². The second kappa shape index (κ2) is 8.72. The Labute approximate surface area is 161 Å². The van der Waals surface area contributed by atoms with E-state index in [0.29, 0.717) is 29.4 Å². The lowest BCUT2D eigenvalue weighted by Crippen LogP contribution is -2.06. The predicted octanol–water partition coefficient (Wildman–Crippen LogP) is 4.00. The van der Waals surface area contributed by atoms with Crippen LogP contribution in [0.4, 0.5) is 5.69 Å². The van der Waals surface area contributed by atoms with Gasteiger partial charge in [-0.3, -0.25) is 10.1 Å². The number of hydrazone groups is 1. The molecule has 1 N–H and O–H groups in total. The Hall–Kier alpha value is -3.81. The number of hydrogen-bond donors (Lipinski definition) is 1. The molecule has 0 spiro atoms. The molecule has 8 nitrogen and oxygen atoms in total. The number of ether oxygens (including phenoxy) is 2. The van der Waals surface area contributed by atoms with Crippen molar-refractivity contribution in [1.29, 1.82) is 0 Å². The van der Waals surface area contributed by atoms with Gasteiger partial charge in [0.25, 0.3) is 5.69 Å². The van der Waals surface area contributed by atoms with Crippen LogP contribution in [-0.4, -0.2) is 25.4 Å². The summed E-state index contributed by atoms with van der Waals surface area (Å²) in [7, 11) is 3.07. The lowest BCUT2D eigenvalue weighted by molar-refractivity contribution is -0.384. The van der Waals surface area contributed by atoms with Crippen LogP contribution in [0.3, 0.4) is 0 Å². The zero-order valence-electron chi connectivity index (χ0n) is 15.4. The molecule has 0 aliphatic carbocycles. The van der Waals surface area contributed by atoms with Gasteiger partial charge in [0.15, 0.2) is 0 Å². The van der Waals surface area contributed by atoms with Crippen molar-refractivity contribution in [2.24, 2.45) is 5.10 Å². The zero-order valence-corrected chi connectivity index (χ0v) is 15.4. The summed E-state index contributed by atoms with van der Waals surface area (Å²) in [5.74, 6) is 2.02. The van der Waals surface area contributed by atoms with Crippen LogP contribution in [0, 0.1) is 10.1 Å². The van der Waals surface area contributed by atoms with Crippen LogP contribution in [0.2, 0.25) is 0 Å². The molecule has 3 rings (SSSR count). The molecule has 0 saturated carbocycles. The Morgan fingerprint density at radius 3 is 2.71 bits per heavy atom. The minimum Gasteiger partial charge on any atom is -0.497 e. The first-order valence-electron chi connectivity index (χ1n) is 8.43. The first-order valence-corrected chi connectivity index (χ1v) is 8.43. The number of rotatable bonds is 8. The topological polar surface area (TPSA) is 99.1 Å². The summed E-state index contributed by atoms with van der Waals surface area (Å²) in [6.07, 6.45) is 1.51. The maximum atomic E-state index is 11.3. The second-order valence-electron chi connectivity index (χ2n) is 5.75. The summed E-state index contributed by atoms with van der Waals surface area (Å²) in [5.41, 5.74) is 4.17. The first-order chi connectivity index (χ1) is 13.6. The number of methoxy groups -OCH3 is 2. The van der Waals surface area contributed by atoms with Crippen LogP contribution in [0.5, 0.6) is 11.5 Å². The summed E-state index contributed by atoms with van der Waals surface area (Å²) in [4.78, 5) is 10.9. The average molecular weight is 381 g/mol. The minimum absolute atomic E-state index is 0.0912. The van der Waals surface area contributed by atoms with E-state index in [2.05, 4.69) is 10.5 Å². The molecule has 2 aromatic carbocycles. The molecular formula is C20H19N3O5. The van der Waals surface area contributed by atoms with Crippen molar-refractivity contribution in [3.63, 3.8) is 0 Å². The molecule has 0 aliphatic rings. The largest absolute Gasteiger partial charge is 0.497 e. The highest BCUT2D eigenvalue weighted by Gasteiger charge is 2.19. The molecule has 0 aliphatic heterocycles. The van der Waals surface area contributed by atoms with Crippen LogP contribution in [0.15, 0.2) is 64.1 Å². The van der Waals surface area contributed by atoms with E-state index >= 15 is 0 Å². The molecule has 0 saturated heterocycles. The van der Waals surface area contributed by atoms with E-state index in [0.717, 1.165) is 11.3 Å². The molecule has 3 aromatic rings. The number of nitrogens with zero attached hydrogens (tertiary/aromatic N) is 2. The molecule has 1 heterocycles. The standard InChI is InChI=1S/C20H19N3O5/c1-26-15-7-9-17(18(11-15)23(24)25)20-10-8-16(28-20)13-22-21-12-14-5-3-4-6-19(14)27-2/h3-11,13,21H,12H2,1-2H3/b22-13-. The highest BCUT2D eigenvalue weighted by molar-refractivity contribution is 5.78. The maximum absolute atomic E-state index is 11.3. The molecule has 0 unspecified atom stereocenters. The van der Waals surface area contributed by atoms with Crippen LogP contribution in [-0.2, 0) is 6.54 Å². The summed E-state index contributed by atoms with van der Waals surface area (Å²) in [6, 6.07) is 15.6. The van der Waals surface area contributed by atoms with Crippen molar-refractivity contribution >= 4 is 11.9 Å². The third-order valence-electron chi connectivity index (χ3n) is 4.04. The number of benzene rings is 2. The van der Waals surface area contributed by atoms with Crippen molar-refractivity contribution in [1.82, 2.24) is 5.43 Å². The summed E-state index contributed by atoms with van der Waals surface area (Å²) in [6.45, 7) is 0.484. The van der Waals surface area contributed by atoms with Gasteiger partial charge in [0.1, 0.15) is 23.0 Å². The Bertz CT molecular complexity index is 997. The fourth-order valence-corrected chi connectivity index (χ4v) is 2.65. The normalized spacial score (nSPS) is 10.8. The molecular weight excluding hydrogens is 362 g/mol. The van der Waals surface area contributed by atoms with Crippen molar-refractivity contribution < 1.29 is 18.8 Å². The molecule has 0 radical (unpaired) electrons.